The van der Waals surface area contributed by atoms with Gasteiger partial charge in [-0.05, 0) is 52.8 Å². The van der Waals surface area contributed by atoms with E-state index in [4.69, 9.17) is 9.47 Å². The summed E-state index contributed by atoms with van der Waals surface area (Å²) >= 11 is 0. The highest BCUT2D eigenvalue weighted by Crippen LogP contribution is 2.38. The average molecular weight is 364 g/mol. The summed E-state index contributed by atoms with van der Waals surface area (Å²) in [6.45, 7) is 8.82. The number of nitrogens with zero attached hydrogens (tertiary/aromatic N) is 2. The predicted molar refractivity (Wildman–Crippen MR) is 96.4 cm³/mol. The number of hydrogen-bond donors (Lipinski definition) is 1. The van der Waals surface area contributed by atoms with Gasteiger partial charge in [0.1, 0.15) is 11.7 Å². The van der Waals surface area contributed by atoms with Crippen LogP contribution < -0.4 is 0 Å². The standard InChI is InChI=1S/C19H28N2O5/c1-13(2)25-16(23)19(15(22)14-9-7-11-20(14)6)10-8-12-21(19)17(24)26-18(3,4)5/h7-11,13,15,22H,12H2,1-6H3/t15-,19?/m0/s1. The number of ether oxygens (including phenoxy) is 2. The van der Waals surface area contributed by atoms with Crippen LogP contribution in [0, 0.1) is 0 Å². The van der Waals surface area contributed by atoms with E-state index in [2.05, 4.69) is 0 Å². The number of carbonyl (C=O) groups excluding carboxylic acids is 2. The number of aryl methyl sites for hydroxylation is 1. The van der Waals surface area contributed by atoms with Crippen LogP contribution in [0.3, 0.4) is 0 Å². The van der Waals surface area contributed by atoms with E-state index in [-0.39, 0.29) is 6.54 Å². The molecule has 1 amide bonds. The maximum Gasteiger partial charge on any atom is 0.411 e. The van der Waals surface area contributed by atoms with Gasteiger partial charge < -0.3 is 19.1 Å². The lowest BCUT2D eigenvalue weighted by Crippen LogP contribution is -2.59. The van der Waals surface area contributed by atoms with Crippen LogP contribution in [0.15, 0.2) is 30.5 Å². The van der Waals surface area contributed by atoms with Crippen LogP contribution in [0.1, 0.15) is 46.4 Å². The molecule has 0 saturated heterocycles. The van der Waals surface area contributed by atoms with Gasteiger partial charge in [0.15, 0.2) is 5.54 Å². The molecule has 0 bridgehead atoms. The highest BCUT2D eigenvalue weighted by Gasteiger charge is 2.56. The third-order valence-corrected chi connectivity index (χ3v) is 4.07. The van der Waals surface area contributed by atoms with Crippen LogP contribution in [-0.2, 0) is 21.3 Å². The Labute approximate surface area is 154 Å². The van der Waals surface area contributed by atoms with Crippen molar-refractivity contribution in [3.63, 3.8) is 0 Å². The molecule has 1 aromatic heterocycles. The zero-order valence-corrected chi connectivity index (χ0v) is 16.2. The van der Waals surface area contributed by atoms with E-state index in [1.807, 2.05) is 0 Å². The number of aromatic nitrogens is 1. The predicted octanol–water partition coefficient (Wildman–Crippen LogP) is 2.56. The molecule has 0 aliphatic carbocycles. The van der Waals surface area contributed by atoms with E-state index in [0.29, 0.717) is 5.69 Å². The second-order valence-electron chi connectivity index (χ2n) is 7.72. The van der Waals surface area contributed by atoms with E-state index in [1.54, 1.807) is 70.6 Å². The van der Waals surface area contributed by atoms with Crippen molar-refractivity contribution in [3.8, 4) is 0 Å². The summed E-state index contributed by atoms with van der Waals surface area (Å²) in [5.41, 5.74) is -1.92. The molecule has 0 radical (unpaired) electrons. The number of amides is 1. The van der Waals surface area contributed by atoms with Crippen molar-refractivity contribution in [2.24, 2.45) is 7.05 Å². The fourth-order valence-corrected chi connectivity index (χ4v) is 2.94. The molecule has 1 N–H and O–H groups in total. The van der Waals surface area contributed by atoms with Crippen molar-refractivity contribution in [2.45, 2.75) is 58.0 Å². The Morgan fingerprint density at radius 3 is 2.46 bits per heavy atom. The van der Waals surface area contributed by atoms with E-state index in [0.717, 1.165) is 0 Å². The number of hydrogen-bond acceptors (Lipinski definition) is 5. The van der Waals surface area contributed by atoms with Gasteiger partial charge in [-0.3, -0.25) is 4.90 Å². The van der Waals surface area contributed by atoms with Crippen molar-refractivity contribution in [1.82, 2.24) is 9.47 Å². The summed E-state index contributed by atoms with van der Waals surface area (Å²) < 4.78 is 12.6. The van der Waals surface area contributed by atoms with Crippen molar-refractivity contribution in [3.05, 3.63) is 36.2 Å². The Balaban J connectivity index is 2.49. The minimum atomic E-state index is -1.68. The fraction of sp³-hybridized carbons (Fsp3) is 0.579. The van der Waals surface area contributed by atoms with Crippen molar-refractivity contribution < 1.29 is 24.2 Å². The van der Waals surface area contributed by atoms with Gasteiger partial charge in [0.05, 0.1) is 6.10 Å². The topological polar surface area (TPSA) is 81.0 Å². The maximum absolute atomic E-state index is 13.0. The van der Waals surface area contributed by atoms with Crippen LogP contribution in [0.4, 0.5) is 4.79 Å². The number of aliphatic hydroxyl groups excluding tert-OH is 1. The van der Waals surface area contributed by atoms with Crippen molar-refractivity contribution in [1.29, 1.82) is 0 Å². The van der Waals surface area contributed by atoms with Gasteiger partial charge in [0, 0.05) is 25.5 Å². The Kier molecular flexibility index (Phi) is 5.51. The average Bonchev–Trinajstić information content (AvgIpc) is 3.10. The normalized spacial score (nSPS) is 21.2. The summed E-state index contributed by atoms with van der Waals surface area (Å²) in [6.07, 6.45) is 2.57. The lowest BCUT2D eigenvalue weighted by molar-refractivity contribution is -0.165. The first-order valence-corrected chi connectivity index (χ1v) is 8.67. The summed E-state index contributed by atoms with van der Waals surface area (Å²) in [5, 5.41) is 11.1. The second-order valence-corrected chi connectivity index (χ2v) is 7.72. The van der Waals surface area contributed by atoms with Crippen LogP contribution in [-0.4, -0.2) is 50.4 Å². The first-order chi connectivity index (χ1) is 12.0. The van der Waals surface area contributed by atoms with Gasteiger partial charge >= 0.3 is 12.1 Å². The van der Waals surface area contributed by atoms with Crippen molar-refractivity contribution >= 4 is 12.1 Å². The molecular formula is C19H28N2O5. The molecule has 7 heteroatoms. The number of esters is 1. The van der Waals surface area contributed by atoms with Gasteiger partial charge in [0.2, 0.25) is 0 Å². The summed E-state index contributed by atoms with van der Waals surface area (Å²) in [5.74, 6) is -0.694. The summed E-state index contributed by atoms with van der Waals surface area (Å²) in [6, 6.07) is 3.46. The molecule has 1 unspecified atom stereocenters. The Hall–Kier alpha value is -2.28. The molecule has 1 aliphatic rings. The number of carbonyl (C=O) groups is 2. The minimum Gasteiger partial charge on any atom is -0.461 e. The van der Waals surface area contributed by atoms with E-state index < -0.39 is 35.4 Å². The molecule has 26 heavy (non-hydrogen) atoms. The zero-order valence-electron chi connectivity index (χ0n) is 16.2. The Morgan fingerprint density at radius 2 is 1.96 bits per heavy atom. The Morgan fingerprint density at radius 1 is 1.31 bits per heavy atom. The minimum absolute atomic E-state index is 0.142. The van der Waals surface area contributed by atoms with Crippen molar-refractivity contribution in [2.75, 3.05) is 6.54 Å². The molecule has 2 heterocycles. The molecule has 1 aliphatic heterocycles. The van der Waals surface area contributed by atoms with Crippen LogP contribution >= 0.6 is 0 Å². The number of aliphatic hydroxyl groups is 1. The largest absolute Gasteiger partial charge is 0.461 e. The first kappa shape index (κ1) is 20.0. The smallest absolute Gasteiger partial charge is 0.411 e. The third kappa shape index (κ3) is 3.77. The maximum atomic E-state index is 13.0. The van der Waals surface area contributed by atoms with Crippen LogP contribution in [0.2, 0.25) is 0 Å². The van der Waals surface area contributed by atoms with Crippen LogP contribution in [0.25, 0.3) is 0 Å². The monoisotopic (exact) mass is 364 g/mol. The highest BCUT2D eigenvalue weighted by atomic mass is 16.6. The summed E-state index contributed by atoms with van der Waals surface area (Å²) in [7, 11) is 1.76. The SMILES string of the molecule is CC(C)OC(=O)C1([C@@H](O)c2cccn2C)C=CCN1C(=O)OC(C)(C)C. The zero-order chi connectivity index (χ0) is 19.7. The lowest BCUT2D eigenvalue weighted by Gasteiger charge is -2.40. The molecule has 1 aromatic rings. The van der Waals surface area contributed by atoms with Gasteiger partial charge in [-0.25, -0.2) is 9.59 Å². The van der Waals surface area contributed by atoms with Gasteiger partial charge in [-0.15, -0.1) is 0 Å². The molecule has 2 atom stereocenters. The lowest BCUT2D eigenvalue weighted by atomic mass is 9.89. The second kappa shape index (κ2) is 7.15. The molecule has 0 spiro atoms. The number of rotatable bonds is 4. The van der Waals surface area contributed by atoms with Crippen LogP contribution in [0.5, 0.6) is 0 Å². The molecule has 2 rings (SSSR count). The van der Waals surface area contributed by atoms with E-state index in [9.17, 15) is 14.7 Å². The van der Waals surface area contributed by atoms with E-state index >= 15 is 0 Å². The van der Waals surface area contributed by atoms with Gasteiger partial charge in [0.25, 0.3) is 0 Å². The molecule has 0 aromatic carbocycles. The van der Waals surface area contributed by atoms with Gasteiger partial charge in [-0.2, -0.15) is 0 Å². The highest BCUT2D eigenvalue weighted by molar-refractivity contribution is 5.90. The summed E-state index contributed by atoms with van der Waals surface area (Å²) in [4.78, 5) is 27.0. The molecule has 144 valence electrons. The Bertz CT molecular complexity index is 701. The quantitative estimate of drug-likeness (QED) is 0.656. The molecule has 0 saturated carbocycles. The van der Waals surface area contributed by atoms with Gasteiger partial charge in [-0.1, -0.05) is 6.08 Å². The van der Waals surface area contributed by atoms with E-state index in [1.165, 1.54) is 11.0 Å². The first-order valence-electron chi connectivity index (χ1n) is 8.67. The molecular weight excluding hydrogens is 336 g/mol. The fourth-order valence-electron chi connectivity index (χ4n) is 2.94. The molecule has 7 nitrogen and oxygen atoms in total. The molecule has 0 fully saturated rings. The third-order valence-electron chi connectivity index (χ3n) is 4.07.